The van der Waals surface area contributed by atoms with Gasteiger partial charge in [0.1, 0.15) is 17.6 Å². The molecule has 3 rings (SSSR count). The lowest BCUT2D eigenvalue weighted by atomic mass is 10.1. The maximum atomic E-state index is 14.1. The molecule has 0 atom stereocenters. The highest BCUT2D eigenvalue weighted by Gasteiger charge is 2.18. The maximum Gasteiger partial charge on any atom is 0.190 e. The van der Waals surface area contributed by atoms with Crippen LogP contribution in [0.15, 0.2) is 48.5 Å². The monoisotopic (exact) mass is 292 g/mol. The van der Waals surface area contributed by atoms with Crippen LogP contribution in [0.2, 0.25) is 0 Å². The van der Waals surface area contributed by atoms with Gasteiger partial charge in [0.25, 0.3) is 0 Å². The van der Waals surface area contributed by atoms with Crippen molar-refractivity contribution in [3.05, 3.63) is 71.2 Å². The van der Waals surface area contributed by atoms with Crippen LogP contribution >= 0.6 is 0 Å². The molecular formula is C17H13FN4. The molecule has 0 bridgehead atoms. The Kier molecular flexibility index (Phi) is 3.67. The smallest absolute Gasteiger partial charge is 0.190 e. The molecule has 1 aromatic heterocycles. The van der Waals surface area contributed by atoms with E-state index >= 15 is 0 Å². The minimum atomic E-state index is -0.396. The summed E-state index contributed by atoms with van der Waals surface area (Å²) in [6.45, 7) is 2.44. The molecule has 0 aliphatic heterocycles. The molecule has 4 nitrogen and oxygen atoms in total. The van der Waals surface area contributed by atoms with E-state index in [9.17, 15) is 9.65 Å². The lowest BCUT2D eigenvalue weighted by molar-refractivity contribution is 0.620. The number of halogens is 1. The fraction of sp³-hybridized carbons (Fsp3) is 0.118. The van der Waals surface area contributed by atoms with E-state index in [0.29, 0.717) is 17.8 Å². The summed E-state index contributed by atoms with van der Waals surface area (Å²) in [6.07, 6.45) is 0. The molecule has 0 saturated heterocycles. The van der Waals surface area contributed by atoms with E-state index in [1.807, 2.05) is 37.3 Å². The first-order valence-electron chi connectivity index (χ1n) is 6.83. The van der Waals surface area contributed by atoms with Crippen molar-refractivity contribution in [3.63, 3.8) is 0 Å². The summed E-state index contributed by atoms with van der Waals surface area (Å²) >= 11 is 0. The number of benzene rings is 2. The minimum absolute atomic E-state index is 0.124. The molecule has 0 fully saturated rings. The van der Waals surface area contributed by atoms with Crippen molar-refractivity contribution in [3.8, 4) is 17.3 Å². The highest BCUT2D eigenvalue weighted by atomic mass is 19.1. The molecule has 0 aliphatic carbocycles. The lowest BCUT2D eigenvalue weighted by Crippen LogP contribution is -2.06. The molecule has 2 aromatic carbocycles. The van der Waals surface area contributed by atoms with E-state index in [1.54, 1.807) is 22.9 Å². The van der Waals surface area contributed by atoms with Crippen molar-refractivity contribution in [2.75, 3.05) is 0 Å². The maximum absolute atomic E-state index is 14.1. The molecule has 0 aliphatic rings. The first kappa shape index (κ1) is 14.0. The van der Waals surface area contributed by atoms with Crippen molar-refractivity contribution < 1.29 is 4.39 Å². The van der Waals surface area contributed by atoms with Gasteiger partial charge in [-0.1, -0.05) is 41.6 Å². The third kappa shape index (κ3) is 2.47. The Bertz CT molecular complexity index is 861. The van der Waals surface area contributed by atoms with Gasteiger partial charge in [0.05, 0.1) is 6.54 Å². The third-order valence-electron chi connectivity index (χ3n) is 3.55. The van der Waals surface area contributed by atoms with Gasteiger partial charge in [-0.25, -0.2) is 9.07 Å². The largest absolute Gasteiger partial charge is 0.239 e. The van der Waals surface area contributed by atoms with E-state index in [2.05, 4.69) is 10.3 Å². The Balaban J connectivity index is 2.11. The molecule has 1 heterocycles. The van der Waals surface area contributed by atoms with Crippen molar-refractivity contribution in [1.82, 2.24) is 15.0 Å². The van der Waals surface area contributed by atoms with E-state index in [0.717, 1.165) is 11.1 Å². The highest BCUT2D eigenvalue weighted by molar-refractivity contribution is 5.65. The fourth-order valence-corrected chi connectivity index (χ4v) is 2.37. The standard InChI is InChI=1S/C17H13FN4/c1-12-6-2-3-7-13(12)11-22-17(16(10-19)20-21-22)14-8-4-5-9-15(14)18/h2-9H,11H2,1H3. The minimum Gasteiger partial charge on any atom is -0.239 e. The first-order chi connectivity index (χ1) is 10.7. The van der Waals surface area contributed by atoms with Crippen LogP contribution in [0.1, 0.15) is 16.8 Å². The summed E-state index contributed by atoms with van der Waals surface area (Å²) in [5, 5.41) is 17.1. The summed E-state index contributed by atoms with van der Waals surface area (Å²) in [7, 11) is 0. The van der Waals surface area contributed by atoms with E-state index in [1.165, 1.54) is 6.07 Å². The van der Waals surface area contributed by atoms with Gasteiger partial charge in [-0.2, -0.15) is 5.26 Å². The molecule has 0 amide bonds. The van der Waals surface area contributed by atoms with Crippen LogP contribution in [0.3, 0.4) is 0 Å². The quantitative estimate of drug-likeness (QED) is 0.744. The number of hydrogen-bond acceptors (Lipinski definition) is 3. The zero-order valence-corrected chi connectivity index (χ0v) is 12.0. The summed E-state index contributed by atoms with van der Waals surface area (Å²) in [5.41, 5.74) is 3.02. The molecule has 3 aromatic rings. The summed E-state index contributed by atoms with van der Waals surface area (Å²) in [4.78, 5) is 0. The second kappa shape index (κ2) is 5.78. The van der Waals surface area contributed by atoms with E-state index in [-0.39, 0.29) is 5.69 Å². The van der Waals surface area contributed by atoms with Gasteiger partial charge < -0.3 is 0 Å². The van der Waals surface area contributed by atoms with Gasteiger partial charge >= 0.3 is 0 Å². The zero-order valence-electron chi connectivity index (χ0n) is 12.0. The fourth-order valence-electron chi connectivity index (χ4n) is 2.37. The van der Waals surface area contributed by atoms with E-state index < -0.39 is 5.82 Å². The Morgan fingerprint density at radius 1 is 1.14 bits per heavy atom. The average Bonchev–Trinajstić information content (AvgIpc) is 2.93. The molecule has 0 spiro atoms. The Morgan fingerprint density at radius 2 is 1.86 bits per heavy atom. The van der Waals surface area contributed by atoms with Crippen LogP contribution in [-0.4, -0.2) is 15.0 Å². The number of nitrogens with zero attached hydrogens (tertiary/aromatic N) is 4. The van der Waals surface area contributed by atoms with Crippen LogP contribution in [0, 0.1) is 24.1 Å². The second-order valence-corrected chi connectivity index (χ2v) is 4.96. The topological polar surface area (TPSA) is 54.5 Å². The van der Waals surface area contributed by atoms with Gasteiger partial charge in [0.15, 0.2) is 5.69 Å². The number of hydrogen-bond donors (Lipinski definition) is 0. The molecule has 0 N–H and O–H groups in total. The molecule has 22 heavy (non-hydrogen) atoms. The van der Waals surface area contributed by atoms with Crippen molar-refractivity contribution in [2.24, 2.45) is 0 Å². The number of aryl methyl sites for hydroxylation is 1. The Morgan fingerprint density at radius 3 is 2.59 bits per heavy atom. The number of nitriles is 1. The van der Waals surface area contributed by atoms with Crippen LogP contribution in [0.25, 0.3) is 11.3 Å². The second-order valence-electron chi connectivity index (χ2n) is 4.96. The average molecular weight is 292 g/mol. The summed E-state index contributed by atoms with van der Waals surface area (Å²) in [5.74, 6) is -0.396. The SMILES string of the molecule is Cc1ccccc1Cn1nnc(C#N)c1-c1ccccc1F. The number of rotatable bonds is 3. The third-order valence-corrected chi connectivity index (χ3v) is 3.55. The highest BCUT2D eigenvalue weighted by Crippen LogP contribution is 2.25. The summed E-state index contributed by atoms with van der Waals surface area (Å²) < 4.78 is 15.7. The summed E-state index contributed by atoms with van der Waals surface area (Å²) in [6, 6.07) is 16.2. The van der Waals surface area contributed by atoms with Crippen molar-refractivity contribution >= 4 is 0 Å². The Labute approximate surface area is 127 Å². The lowest BCUT2D eigenvalue weighted by Gasteiger charge is -2.09. The normalized spacial score (nSPS) is 10.4. The van der Waals surface area contributed by atoms with Crippen LogP contribution in [-0.2, 0) is 6.54 Å². The van der Waals surface area contributed by atoms with Crippen LogP contribution in [0.4, 0.5) is 4.39 Å². The van der Waals surface area contributed by atoms with Gasteiger partial charge in [0.2, 0.25) is 0 Å². The number of aromatic nitrogens is 3. The predicted octanol–water partition coefficient (Wildman–Crippen LogP) is 3.31. The Hall–Kier alpha value is -3.00. The molecule has 0 unspecified atom stereocenters. The molecular weight excluding hydrogens is 279 g/mol. The zero-order chi connectivity index (χ0) is 15.5. The van der Waals surface area contributed by atoms with Gasteiger partial charge in [-0.3, -0.25) is 0 Å². The molecule has 108 valence electrons. The van der Waals surface area contributed by atoms with Gasteiger partial charge in [-0.05, 0) is 30.2 Å². The van der Waals surface area contributed by atoms with Crippen molar-refractivity contribution in [2.45, 2.75) is 13.5 Å². The van der Waals surface area contributed by atoms with E-state index in [4.69, 9.17) is 0 Å². The molecule has 0 radical (unpaired) electrons. The van der Waals surface area contributed by atoms with Gasteiger partial charge in [0, 0.05) is 5.56 Å². The predicted molar refractivity (Wildman–Crippen MR) is 80.4 cm³/mol. The molecule has 5 heteroatoms. The van der Waals surface area contributed by atoms with Crippen LogP contribution in [0.5, 0.6) is 0 Å². The van der Waals surface area contributed by atoms with Gasteiger partial charge in [-0.15, -0.1) is 5.10 Å². The van der Waals surface area contributed by atoms with Crippen LogP contribution < -0.4 is 0 Å². The van der Waals surface area contributed by atoms with Crippen molar-refractivity contribution in [1.29, 1.82) is 5.26 Å². The molecule has 0 saturated carbocycles. The first-order valence-corrected chi connectivity index (χ1v) is 6.83.